The topological polar surface area (TPSA) is 54.7 Å². The predicted molar refractivity (Wildman–Crippen MR) is 82.7 cm³/mol. The van der Waals surface area contributed by atoms with Crippen LogP contribution in [0.4, 0.5) is 0 Å². The molecule has 2 aliphatic rings. The molecule has 0 bridgehead atoms. The van der Waals surface area contributed by atoms with Gasteiger partial charge in [-0.2, -0.15) is 0 Å². The molecule has 4 rings (SSSR count). The number of nitrogens with zero attached hydrogens (tertiary/aromatic N) is 2. The van der Waals surface area contributed by atoms with Crippen LogP contribution in [0.5, 0.6) is 0 Å². The molecular weight excluding hydrogens is 280 g/mol. The normalized spacial score (nSPS) is 27.5. The van der Waals surface area contributed by atoms with E-state index < -0.39 is 0 Å². The lowest BCUT2D eigenvalue weighted by atomic mass is 9.82. The van der Waals surface area contributed by atoms with Gasteiger partial charge in [0.05, 0.1) is 19.8 Å². The van der Waals surface area contributed by atoms with Crippen molar-refractivity contribution in [1.82, 2.24) is 9.47 Å². The number of hydrogen-bond donors (Lipinski definition) is 1. The summed E-state index contributed by atoms with van der Waals surface area (Å²) >= 11 is 0. The number of ether oxygens (including phenoxy) is 1. The summed E-state index contributed by atoms with van der Waals surface area (Å²) in [5.41, 5.74) is 1.54. The molecule has 5 heteroatoms. The second-order valence-electron chi connectivity index (χ2n) is 6.58. The zero-order valence-electron chi connectivity index (χ0n) is 12.7. The molecule has 2 fully saturated rings. The van der Waals surface area contributed by atoms with Crippen molar-refractivity contribution in [3.63, 3.8) is 0 Å². The third-order valence-electron chi connectivity index (χ3n) is 5.28. The van der Waals surface area contributed by atoms with Crippen molar-refractivity contribution in [1.29, 1.82) is 0 Å². The molecular formula is C17H20N2O3. The van der Waals surface area contributed by atoms with Crippen LogP contribution in [0.1, 0.15) is 10.4 Å². The van der Waals surface area contributed by atoms with Crippen LogP contribution in [-0.4, -0.2) is 53.4 Å². The Morgan fingerprint density at radius 1 is 1.45 bits per heavy atom. The molecule has 2 atom stereocenters. The molecule has 1 aromatic heterocycles. The number of aryl methyl sites for hydroxylation is 1. The molecule has 2 aliphatic heterocycles. The van der Waals surface area contributed by atoms with Crippen LogP contribution in [0.25, 0.3) is 10.9 Å². The van der Waals surface area contributed by atoms with Gasteiger partial charge in [0.2, 0.25) is 0 Å². The fourth-order valence-electron chi connectivity index (χ4n) is 3.87. The van der Waals surface area contributed by atoms with Crippen LogP contribution in [-0.2, 0) is 11.8 Å². The van der Waals surface area contributed by atoms with Gasteiger partial charge in [-0.15, -0.1) is 0 Å². The van der Waals surface area contributed by atoms with E-state index in [2.05, 4.69) is 0 Å². The maximum atomic E-state index is 13.0. The van der Waals surface area contributed by atoms with Crippen LogP contribution in [0.3, 0.4) is 0 Å². The van der Waals surface area contributed by atoms with Gasteiger partial charge in [-0.25, -0.2) is 0 Å². The molecule has 1 amide bonds. The summed E-state index contributed by atoms with van der Waals surface area (Å²) < 4.78 is 7.53. The third kappa shape index (κ3) is 1.82. The molecule has 2 saturated heterocycles. The Kier molecular flexibility index (Phi) is 3.03. The third-order valence-corrected chi connectivity index (χ3v) is 5.28. The van der Waals surface area contributed by atoms with Gasteiger partial charge < -0.3 is 19.3 Å². The van der Waals surface area contributed by atoms with Crippen LogP contribution in [0.15, 0.2) is 30.5 Å². The van der Waals surface area contributed by atoms with Crippen molar-refractivity contribution < 1.29 is 14.6 Å². The smallest absolute Gasteiger partial charge is 0.254 e. The van der Waals surface area contributed by atoms with E-state index in [1.807, 2.05) is 47.0 Å². The van der Waals surface area contributed by atoms with E-state index in [-0.39, 0.29) is 23.8 Å². The molecule has 0 radical (unpaired) electrons. The van der Waals surface area contributed by atoms with Gasteiger partial charge >= 0.3 is 0 Å². The largest absolute Gasteiger partial charge is 0.396 e. The van der Waals surface area contributed by atoms with E-state index in [4.69, 9.17) is 4.74 Å². The van der Waals surface area contributed by atoms with Crippen molar-refractivity contribution in [2.45, 2.75) is 0 Å². The average Bonchev–Trinajstić information content (AvgIpc) is 3.19. The lowest BCUT2D eigenvalue weighted by molar-refractivity contribution is 0.0632. The quantitative estimate of drug-likeness (QED) is 0.908. The Morgan fingerprint density at radius 2 is 2.32 bits per heavy atom. The Labute approximate surface area is 129 Å². The Morgan fingerprint density at radius 3 is 3.09 bits per heavy atom. The molecule has 3 heterocycles. The lowest BCUT2D eigenvalue weighted by Gasteiger charge is -2.24. The number of carbonyl (C=O) groups is 1. The van der Waals surface area contributed by atoms with Crippen molar-refractivity contribution in [2.24, 2.45) is 18.4 Å². The number of aromatic nitrogens is 1. The Hall–Kier alpha value is -1.85. The second kappa shape index (κ2) is 4.83. The fourth-order valence-corrected chi connectivity index (χ4v) is 3.87. The predicted octanol–water partition coefficient (Wildman–Crippen LogP) is 1.26. The van der Waals surface area contributed by atoms with Crippen molar-refractivity contribution in [3.8, 4) is 0 Å². The van der Waals surface area contributed by atoms with Crippen LogP contribution in [0, 0.1) is 11.3 Å². The monoisotopic (exact) mass is 300 g/mol. The van der Waals surface area contributed by atoms with E-state index in [0.29, 0.717) is 26.3 Å². The van der Waals surface area contributed by atoms with Crippen LogP contribution in [0.2, 0.25) is 0 Å². The van der Waals surface area contributed by atoms with E-state index >= 15 is 0 Å². The van der Waals surface area contributed by atoms with Gasteiger partial charge in [-0.1, -0.05) is 6.07 Å². The number of benzene rings is 1. The average molecular weight is 300 g/mol. The van der Waals surface area contributed by atoms with Crippen molar-refractivity contribution >= 4 is 16.8 Å². The molecule has 0 saturated carbocycles. The SMILES string of the molecule is Cn1ccc2c(C(=O)N3C[C@H]4COC[C@@]4(CO)C3)cccc21. The Balaban J connectivity index is 1.67. The summed E-state index contributed by atoms with van der Waals surface area (Å²) in [5, 5.41) is 10.7. The highest BCUT2D eigenvalue weighted by atomic mass is 16.5. The summed E-state index contributed by atoms with van der Waals surface area (Å²) in [6, 6.07) is 7.83. The summed E-state index contributed by atoms with van der Waals surface area (Å²) in [6.07, 6.45) is 1.98. The first kappa shape index (κ1) is 13.8. The zero-order valence-corrected chi connectivity index (χ0v) is 12.7. The Bertz CT molecular complexity index is 739. The number of fused-ring (bicyclic) bond motifs is 2. The lowest BCUT2D eigenvalue weighted by Crippen LogP contribution is -2.36. The molecule has 0 unspecified atom stereocenters. The second-order valence-corrected chi connectivity index (χ2v) is 6.58. The maximum Gasteiger partial charge on any atom is 0.254 e. The van der Waals surface area contributed by atoms with Crippen LogP contribution < -0.4 is 0 Å². The molecule has 22 heavy (non-hydrogen) atoms. The molecule has 1 N–H and O–H groups in total. The molecule has 116 valence electrons. The van der Waals surface area contributed by atoms with Crippen molar-refractivity contribution in [3.05, 3.63) is 36.0 Å². The number of aliphatic hydroxyl groups excluding tert-OH is 1. The molecule has 5 nitrogen and oxygen atoms in total. The van der Waals surface area contributed by atoms with E-state index in [0.717, 1.165) is 16.5 Å². The van der Waals surface area contributed by atoms with E-state index in [1.165, 1.54) is 0 Å². The number of carbonyl (C=O) groups excluding carboxylic acids is 1. The highest BCUT2D eigenvalue weighted by molar-refractivity contribution is 6.06. The first-order valence-corrected chi connectivity index (χ1v) is 7.66. The van der Waals surface area contributed by atoms with Gasteiger partial charge in [0.1, 0.15) is 0 Å². The number of likely N-dealkylation sites (tertiary alicyclic amines) is 1. The minimum absolute atomic E-state index is 0.0547. The number of aliphatic hydroxyl groups is 1. The van der Waals surface area contributed by atoms with Gasteiger partial charge in [-0.3, -0.25) is 4.79 Å². The maximum absolute atomic E-state index is 13.0. The standard InChI is InChI=1S/C17H20N2O3/c1-18-6-5-13-14(3-2-4-15(13)18)16(21)19-7-12-8-22-11-17(12,9-19)10-20/h2-6,12,20H,7-11H2,1H3/t12-,17-/m0/s1. The minimum atomic E-state index is -0.264. The first-order valence-electron chi connectivity index (χ1n) is 7.66. The van der Waals surface area contributed by atoms with Crippen LogP contribution >= 0.6 is 0 Å². The zero-order chi connectivity index (χ0) is 15.3. The van der Waals surface area contributed by atoms with Gasteiger partial charge in [-0.05, 0) is 18.2 Å². The van der Waals surface area contributed by atoms with Gasteiger partial charge in [0, 0.05) is 54.1 Å². The van der Waals surface area contributed by atoms with Gasteiger partial charge in [0.15, 0.2) is 0 Å². The number of hydrogen-bond acceptors (Lipinski definition) is 3. The van der Waals surface area contributed by atoms with E-state index in [1.54, 1.807) is 0 Å². The summed E-state index contributed by atoms with van der Waals surface area (Å²) in [7, 11) is 1.98. The minimum Gasteiger partial charge on any atom is -0.396 e. The highest BCUT2D eigenvalue weighted by Crippen LogP contribution is 2.41. The summed E-state index contributed by atoms with van der Waals surface area (Å²) in [4.78, 5) is 14.8. The van der Waals surface area contributed by atoms with Gasteiger partial charge in [0.25, 0.3) is 5.91 Å². The number of rotatable bonds is 2. The summed E-state index contributed by atoms with van der Waals surface area (Å²) in [6.45, 7) is 2.52. The summed E-state index contributed by atoms with van der Waals surface area (Å²) in [5.74, 6) is 0.301. The number of amides is 1. The molecule has 0 aliphatic carbocycles. The van der Waals surface area contributed by atoms with Crippen molar-refractivity contribution in [2.75, 3.05) is 32.9 Å². The fraction of sp³-hybridized carbons (Fsp3) is 0.471. The molecule has 0 spiro atoms. The molecule has 2 aromatic rings. The first-order chi connectivity index (χ1) is 10.6. The van der Waals surface area contributed by atoms with E-state index in [9.17, 15) is 9.90 Å². The molecule has 1 aromatic carbocycles. The highest BCUT2D eigenvalue weighted by Gasteiger charge is 2.51.